The van der Waals surface area contributed by atoms with E-state index in [0.29, 0.717) is 16.8 Å². The van der Waals surface area contributed by atoms with Gasteiger partial charge in [-0.05, 0) is 73.5 Å². The summed E-state index contributed by atoms with van der Waals surface area (Å²) in [5.41, 5.74) is 7.98. The summed E-state index contributed by atoms with van der Waals surface area (Å²) in [4.78, 5) is 19.7. The number of aromatic nitrogens is 6. The van der Waals surface area contributed by atoms with E-state index in [1.165, 1.54) is 37.0 Å². The number of hydrogen-bond donors (Lipinski definition) is 3. The van der Waals surface area contributed by atoms with E-state index < -0.39 is 5.82 Å². The summed E-state index contributed by atoms with van der Waals surface area (Å²) in [6, 6.07) is 12.1. The number of phenolic OH excluding ortho intramolecular Hbond substituents is 1. The van der Waals surface area contributed by atoms with Crippen molar-refractivity contribution in [1.29, 1.82) is 0 Å². The standard InChI is InChI=1S/C30H26FN7O/c31-21-9-19(10-22(39)11-21)24-15-33-16-28-23(24)12-27(34-28)30-29-26(36-37-30)5-4-25(35-29)20-8-18(13-32-14-20)17-38-6-2-1-3-7-38/h4-5,8-16,34,39H,1-3,6-7,17H2,(H,36,37). The van der Waals surface area contributed by atoms with E-state index in [9.17, 15) is 9.50 Å². The van der Waals surface area contributed by atoms with Crippen LogP contribution in [0.4, 0.5) is 4.39 Å². The molecule has 1 aliphatic heterocycles. The lowest BCUT2D eigenvalue weighted by Crippen LogP contribution is -2.29. The van der Waals surface area contributed by atoms with Crippen LogP contribution < -0.4 is 0 Å². The second-order valence-electron chi connectivity index (χ2n) is 10.1. The van der Waals surface area contributed by atoms with Gasteiger partial charge >= 0.3 is 0 Å². The first-order chi connectivity index (χ1) is 19.1. The first-order valence-electron chi connectivity index (χ1n) is 13.1. The minimum absolute atomic E-state index is 0.137. The molecule has 1 aliphatic rings. The molecular formula is C30H26FN7O. The maximum Gasteiger partial charge on any atom is 0.135 e. The van der Waals surface area contributed by atoms with Crippen molar-refractivity contribution in [2.45, 2.75) is 25.8 Å². The molecule has 8 nitrogen and oxygen atoms in total. The number of pyridine rings is 3. The zero-order chi connectivity index (χ0) is 26.3. The van der Waals surface area contributed by atoms with Crippen LogP contribution in [-0.2, 0) is 6.54 Å². The van der Waals surface area contributed by atoms with Gasteiger partial charge in [-0.3, -0.25) is 20.0 Å². The van der Waals surface area contributed by atoms with Gasteiger partial charge in [-0.25, -0.2) is 9.37 Å². The van der Waals surface area contributed by atoms with E-state index in [4.69, 9.17) is 4.98 Å². The van der Waals surface area contributed by atoms with Crippen molar-refractivity contribution in [3.8, 4) is 39.5 Å². The third kappa shape index (κ3) is 4.51. The maximum atomic E-state index is 14.0. The normalized spacial score (nSPS) is 14.4. The predicted molar refractivity (Wildman–Crippen MR) is 148 cm³/mol. The van der Waals surface area contributed by atoms with Gasteiger partial charge in [0.2, 0.25) is 0 Å². The van der Waals surface area contributed by atoms with Crippen molar-refractivity contribution in [2.24, 2.45) is 0 Å². The second-order valence-corrected chi connectivity index (χ2v) is 10.1. The summed E-state index contributed by atoms with van der Waals surface area (Å²) in [6.45, 7) is 3.17. The largest absolute Gasteiger partial charge is 0.508 e. The van der Waals surface area contributed by atoms with E-state index >= 15 is 0 Å². The first-order valence-corrected chi connectivity index (χ1v) is 13.1. The van der Waals surface area contributed by atoms with Crippen molar-refractivity contribution in [2.75, 3.05) is 13.1 Å². The van der Waals surface area contributed by atoms with Gasteiger partial charge < -0.3 is 10.1 Å². The highest BCUT2D eigenvalue weighted by molar-refractivity contribution is 6.00. The Morgan fingerprint density at radius 2 is 1.74 bits per heavy atom. The molecule has 5 aromatic heterocycles. The quantitative estimate of drug-likeness (QED) is 0.256. The smallest absolute Gasteiger partial charge is 0.135 e. The van der Waals surface area contributed by atoms with Gasteiger partial charge in [0.25, 0.3) is 0 Å². The number of nitrogens with one attached hydrogen (secondary N) is 2. The van der Waals surface area contributed by atoms with E-state index in [1.54, 1.807) is 12.4 Å². The van der Waals surface area contributed by atoms with E-state index in [2.05, 4.69) is 36.1 Å². The molecule has 6 aromatic rings. The Morgan fingerprint density at radius 1 is 0.872 bits per heavy atom. The number of aromatic hydroxyl groups is 1. The molecule has 0 unspecified atom stereocenters. The van der Waals surface area contributed by atoms with Crippen LogP contribution in [0.15, 0.2) is 67.3 Å². The summed E-state index contributed by atoms with van der Waals surface area (Å²) in [5.74, 6) is -0.649. The monoisotopic (exact) mass is 519 g/mol. The molecule has 7 rings (SSSR count). The van der Waals surface area contributed by atoms with Crippen molar-refractivity contribution in [3.05, 3.63) is 78.6 Å². The maximum absolute atomic E-state index is 14.0. The van der Waals surface area contributed by atoms with Gasteiger partial charge in [0.05, 0.1) is 28.6 Å². The highest BCUT2D eigenvalue weighted by Gasteiger charge is 2.17. The number of aromatic amines is 2. The number of H-pyrrole nitrogens is 2. The molecule has 39 heavy (non-hydrogen) atoms. The molecule has 0 aliphatic carbocycles. The van der Waals surface area contributed by atoms with Crippen LogP contribution >= 0.6 is 0 Å². The minimum Gasteiger partial charge on any atom is -0.508 e. The number of rotatable bonds is 5. The molecule has 0 spiro atoms. The molecule has 1 aromatic carbocycles. The predicted octanol–water partition coefficient (Wildman–Crippen LogP) is 6.06. The average Bonchev–Trinajstić information content (AvgIpc) is 3.57. The Bertz CT molecular complexity index is 1800. The average molecular weight is 520 g/mol. The molecule has 0 radical (unpaired) electrons. The lowest BCUT2D eigenvalue weighted by atomic mass is 10.0. The lowest BCUT2D eigenvalue weighted by molar-refractivity contribution is 0.220. The SMILES string of the molecule is Oc1cc(F)cc(-c2cncc3[nH]c(-c4n[nH]c5ccc(-c6cncc(CN7CCCCC7)c6)nc45)cc23)c1. The Labute approximate surface area is 223 Å². The molecule has 194 valence electrons. The van der Waals surface area contributed by atoms with Crippen LogP contribution in [0, 0.1) is 5.82 Å². The summed E-state index contributed by atoms with van der Waals surface area (Å²) in [5, 5.41) is 18.4. The fraction of sp³-hybridized carbons (Fsp3) is 0.200. The lowest BCUT2D eigenvalue weighted by Gasteiger charge is -2.26. The molecule has 1 fully saturated rings. The zero-order valence-electron chi connectivity index (χ0n) is 21.2. The molecule has 6 heterocycles. The molecule has 0 saturated carbocycles. The molecule has 0 amide bonds. The Hall–Kier alpha value is -4.63. The van der Waals surface area contributed by atoms with Crippen LogP contribution in [0.25, 0.3) is 55.7 Å². The topological polar surface area (TPSA) is 107 Å². The number of piperidine rings is 1. The van der Waals surface area contributed by atoms with Crippen molar-refractivity contribution < 1.29 is 9.50 Å². The van der Waals surface area contributed by atoms with Gasteiger partial charge in [0.15, 0.2) is 0 Å². The summed E-state index contributed by atoms with van der Waals surface area (Å²) in [7, 11) is 0. The van der Waals surface area contributed by atoms with Gasteiger partial charge in [-0.2, -0.15) is 5.10 Å². The van der Waals surface area contributed by atoms with Crippen LogP contribution in [0.1, 0.15) is 24.8 Å². The van der Waals surface area contributed by atoms with Crippen LogP contribution in [0.2, 0.25) is 0 Å². The number of likely N-dealkylation sites (tertiary alicyclic amines) is 1. The van der Waals surface area contributed by atoms with Crippen LogP contribution in [0.5, 0.6) is 5.75 Å². The van der Waals surface area contributed by atoms with Crippen molar-refractivity contribution in [3.63, 3.8) is 0 Å². The van der Waals surface area contributed by atoms with Crippen LogP contribution in [0.3, 0.4) is 0 Å². The summed E-state index contributed by atoms with van der Waals surface area (Å²) in [6.07, 6.45) is 11.0. The van der Waals surface area contributed by atoms with Gasteiger partial charge in [-0.1, -0.05) is 6.42 Å². The Morgan fingerprint density at radius 3 is 2.62 bits per heavy atom. The number of hydrogen-bond acceptors (Lipinski definition) is 6. The number of nitrogens with zero attached hydrogens (tertiary/aromatic N) is 5. The van der Waals surface area contributed by atoms with Crippen molar-refractivity contribution >= 4 is 21.9 Å². The molecule has 0 bridgehead atoms. The second kappa shape index (κ2) is 9.59. The molecule has 1 saturated heterocycles. The van der Waals surface area contributed by atoms with Gasteiger partial charge in [0, 0.05) is 47.7 Å². The highest BCUT2D eigenvalue weighted by atomic mass is 19.1. The van der Waals surface area contributed by atoms with Gasteiger partial charge in [-0.15, -0.1) is 0 Å². The molecule has 0 atom stereocenters. The molecule has 9 heteroatoms. The number of halogens is 1. The zero-order valence-corrected chi connectivity index (χ0v) is 21.2. The summed E-state index contributed by atoms with van der Waals surface area (Å²) < 4.78 is 14.0. The number of fused-ring (bicyclic) bond motifs is 2. The number of benzene rings is 1. The summed E-state index contributed by atoms with van der Waals surface area (Å²) >= 11 is 0. The van der Waals surface area contributed by atoms with E-state index in [-0.39, 0.29) is 5.75 Å². The van der Waals surface area contributed by atoms with Crippen LogP contribution in [-0.4, -0.2) is 53.2 Å². The van der Waals surface area contributed by atoms with E-state index in [0.717, 1.165) is 64.6 Å². The Kier molecular flexibility index (Phi) is 5.78. The minimum atomic E-state index is -0.512. The fourth-order valence-electron chi connectivity index (χ4n) is 5.48. The molecular weight excluding hydrogens is 493 g/mol. The first kappa shape index (κ1) is 23.5. The molecule has 3 N–H and O–H groups in total. The third-order valence-corrected chi connectivity index (χ3v) is 7.35. The number of phenols is 1. The Balaban J connectivity index is 1.26. The fourth-order valence-corrected chi connectivity index (χ4v) is 5.48. The van der Waals surface area contributed by atoms with Crippen molar-refractivity contribution in [1.82, 2.24) is 35.0 Å². The van der Waals surface area contributed by atoms with Gasteiger partial charge in [0.1, 0.15) is 22.8 Å². The third-order valence-electron chi connectivity index (χ3n) is 7.35. The highest BCUT2D eigenvalue weighted by Crippen LogP contribution is 2.35. The van der Waals surface area contributed by atoms with E-state index in [1.807, 2.05) is 30.6 Å².